The molecule has 228 valence electrons. The number of nitrogens with one attached hydrogen (secondary N) is 2. The van der Waals surface area contributed by atoms with E-state index in [2.05, 4.69) is 10.6 Å². The molecule has 11 nitrogen and oxygen atoms in total. The summed E-state index contributed by atoms with van der Waals surface area (Å²) in [6.07, 6.45) is -0.359. The maximum absolute atomic E-state index is 14.4. The van der Waals surface area contributed by atoms with Crippen molar-refractivity contribution in [3.63, 3.8) is 0 Å². The first-order chi connectivity index (χ1) is 20.3. The average Bonchev–Trinajstić information content (AvgIpc) is 3.45. The zero-order valence-corrected chi connectivity index (χ0v) is 24.7. The minimum Gasteiger partial charge on any atom is -0.494 e. The zero-order chi connectivity index (χ0) is 31.5. The van der Waals surface area contributed by atoms with E-state index in [4.69, 9.17) is 10.5 Å². The molecule has 13 heteroatoms. The number of carbonyl (C=O) groups excluding carboxylic acids is 2. The van der Waals surface area contributed by atoms with Gasteiger partial charge in [-0.3, -0.25) is 14.9 Å². The molecule has 0 aromatic heterocycles. The highest BCUT2D eigenvalue weighted by Crippen LogP contribution is 2.40. The number of sulfone groups is 1. The number of ether oxygens (including phenoxy) is 1. The van der Waals surface area contributed by atoms with Gasteiger partial charge in [-0.15, -0.1) is 0 Å². The molecule has 3 aromatic carbocycles. The van der Waals surface area contributed by atoms with E-state index in [9.17, 15) is 32.3 Å². The molecule has 0 unspecified atom stereocenters. The van der Waals surface area contributed by atoms with Gasteiger partial charge in [0.1, 0.15) is 6.04 Å². The van der Waals surface area contributed by atoms with Gasteiger partial charge in [-0.2, -0.15) is 0 Å². The van der Waals surface area contributed by atoms with E-state index in [1.807, 2.05) is 0 Å². The van der Waals surface area contributed by atoms with Crippen molar-refractivity contribution < 1.29 is 37.0 Å². The third kappa shape index (κ3) is 6.72. The van der Waals surface area contributed by atoms with Crippen LogP contribution in [0.15, 0.2) is 65.6 Å². The van der Waals surface area contributed by atoms with Crippen molar-refractivity contribution in [1.29, 1.82) is 0 Å². The standard InChI is InChI=1S/C30H33FN4O7S/c1-17(2)43(40,41)26-12-10-21(34-30(38)39)16-22(26)24-8-5-13-35(24)29(37)27(18-9-11-23(31)25(15-18)42-3)33-20-7-4-6-19(14-20)28(32)36/h4,6-7,9-12,14-17,24,27,33-34H,5,8,13H2,1-3H3,(H2,32,36)(H,38,39)/t24-,27-/m1/s1. The lowest BCUT2D eigenvalue weighted by Crippen LogP contribution is -2.38. The van der Waals surface area contributed by atoms with Crippen LogP contribution < -0.4 is 21.1 Å². The lowest BCUT2D eigenvalue weighted by Gasteiger charge is -2.32. The maximum atomic E-state index is 14.4. The number of carboxylic acid groups (broad SMARTS) is 1. The number of anilines is 2. The van der Waals surface area contributed by atoms with Crippen LogP contribution in [0.1, 0.15) is 60.3 Å². The molecule has 43 heavy (non-hydrogen) atoms. The highest BCUT2D eigenvalue weighted by Gasteiger charge is 2.38. The van der Waals surface area contributed by atoms with Crippen LogP contribution >= 0.6 is 0 Å². The molecule has 1 aliphatic heterocycles. The first kappa shape index (κ1) is 31.3. The molecular formula is C30H33FN4O7S. The van der Waals surface area contributed by atoms with Gasteiger partial charge in [0, 0.05) is 23.5 Å². The number of likely N-dealkylation sites (tertiary alicyclic amines) is 1. The second-order valence-electron chi connectivity index (χ2n) is 10.4. The Bertz CT molecular complexity index is 1660. The Balaban J connectivity index is 1.82. The van der Waals surface area contributed by atoms with Crippen molar-refractivity contribution in [2.45, 2.75) is 48.9 Å². The fraction of sp³-hybridized carbons (Fsp3) is 0.300. The van der Waals surface area contributed by atoms with E-state index in [-0.39, 0.29) is 34.0 Å². The molecule has 2 atom stereocenters. The third-order valence-corrected chi connectivity index (χ3v) is 9.52. The predicted octanol–water partition coefficient (Wildman–Crippen LogP) is 4.72. The summed E-state index contributed by atoms with van der Waals surface area (Å²) in [5.74, 6) is -1.83. The van der Waals surface area contributed by atoms with Crippen molar-refractivity contribution in [1.82, 2.24) is 4.90 Å². The number of amides is 3. The van der Waals surface area contributed by atoms with Crippen LogP contribution in [-0.4, -0.2) is 55.2 Å². The van der Waals surface area contributed by atoms with E-state index in [0.29, 0.717) is 24.1 Å². The fourth-order valence-electron chi connectivity index (χ4n) is 5.12. The molecule has 1 heterocycles. The number of methoxy groups -OCH3 is 1. The average molecular weight is 613 g/mol. The van der Waals surface area contributed by atoms with Crippen LogP contribution in [0.25, 0.3) is 0 Å². The summed E-state index contributed by atoms with van der Waals surface area (Å²) in [5, 5.41) is 13.9. The molecule has 0 saturated carbocycles. The Kier molecular flexibility index (Phi) is 9.24. The van der Waals surface area contributed by atoms with Gasteiger partial charge in [0.15, 0.2) is 21.4 Å². The zero-order valence-electron chi connectivity index (χ0n) is 23.8. The second-order valence-corrected chi connectivity index (χ2v) is 12.9. The highest BCUT2D eigenvalue weighted by molar-refractivity contribution is 7.92. The Labute approximate surface area is 248 Å². The number of nitrogens with two attached hydrogens (primary N) is 1. The molecule has 0 radical (unpaired) electrons. The van der Waals surface area contributed by atoms with Crippen molar-refractivity contribution in [3.05, 3.63) is 83.2 Å². The van der Waals surface area contributed by atoms with Crippen LogP contribution in [0.4, 0.5) is 20.6 Å². The number of benzene rings is 3. The maximum Gasteiger partial charge on any atom is 0.409 e. The molecule has 5 N–H and O–H groups in total. The van der Waals surface area contributed by atoms with E-state index in [0.717, 1.165) is 0 Å². The van der Waals surface area contributed by atoms with Gasteiger partial charge in [0.2, 0.25) is 11.8 Å². The molecular weight excluding hydrogens is 579 g/mol. The number of hydrogen-bond donors (Lipinski definition) is 4. The van der Waals surface area contributed by atoms with Crippen molar-refractivity contribution >= 4 is 39.1 Å². The lowest BCUT2D eigenvalue weighted by molar-refractivity contribution is -0.133. The summed E-state index contributed by atoms with van der Waals surface area (Å²) in [4.78, 5) is 39.1. The Morgan fingerprint density at radius 2 is 1.81 bits per heavy atom. The monoisotopic (exact) mass is 612 g/mol. The summed E-state index contributed by atoms with van der Waals surface area (Å²) in [7, 11) is -2.52. The molecule has 0 spiro atoms. The van der Waals surface area contributed by atoms with E-state index >= 15 is 0 Å². The van der Waals surface area contributed by atoms with Crippen LogP contribution in [0.5, 0.6) is 5.75 Å². The first-order valence-electron chi connectivity index (χ1n) is 13.5. The molecule has 3 amide bonds. The summed E-state index contributed by atoms with van der Waals surface area (Å²) < 4.78 is 46.2. The normalized spacial score (nSPS) is 15.7. The molecule has 0 aliphatic carbocycles. The van der Waals surface area contributed by atoms with Crippen molar-refractivity contribution in [2.75, 3.05) is 24.3 Å². The number of halogens is 1. The lowest BCUT2D eigenvalue weighted by atomic mass is 10.0. The highest BCUT2D eigenvalue weighted by atomic mass is 32.2. The van der Waals surface area contributed by atoms with Crippen LogP contribution in [0.2, 0.25) is 0 Å². The largest absolute Gasteiger partial charge is 0.494 e. The SMILES string of the molecule is COc1cc([C@@H](Nc2cccc(C(N)=O)c2)C(=O)N2CCC[C@@H]2c2cc(NC(=O)O)ccc2S(=O)(=O)C(C)C)ccc1F. The molecule has 0 bridgehead atoms. The number of nitrogens with zero attached hydrogens (tertiary/aromatic N) is 1. The number of carbonyl (C=O) groups is 3. The summed E-state index contributed by atoms with van der Waals surface area (Å²) in [6.45, 7) is 3.36. The molecule has 1 fully saturated rings. The number of rotatable bonds is 10. The minimum atomic E-state index is -3.82. The minimum absolute atomic E-state index is 0.00487. The van der Waals surface area contributed by atoms with Crippen LogP contribution in [0.3, 0.4) is 0 Å². The van der Waals surface area contributed by atoms with Crippen LogP contribution in [-0.2, 0) is 14.6 Å². The van der Waals surface area contributed by atoms with Gasteiger partial charge >= 0.3 is 6.09 Å². The third-order valence-electron chi connectivity index (χ3n) is 7.30. The number of primary amides is 1. The Morgan fingerprint density at radius 1 is 1.07 bits per heavy atom. The van der Waals surface area contributed by atoms with E-state index in [1.54, 1.807) is 26.0 Å². The van der Waals surface area contributed by atoms with Crippen molar-refractivity contribution in [3.8, 4) is 5.75 Å². The topological polar surface area (TPSA) is 168 Å². The van der Waals surface area contributed by atoms with Gasteiger partial charge in [-0.1, -0.05) is 12.1 Å². The second kappa shape index (κ2) is 12.7. The molecule has 1 saturated heterocycles. The predicted molar refractivity (Wildman–Crippen MR) is 158 cm³/mol. The van der Waals surface area contributed by atoms with Gasteiger partial charge in [-0.25, -0.2) is 17.6 Å². The summed E-state index contributed by atoms with van der Waals surface area (Å²) in [5.41, 5.74) is 6.85. The quantitative estimate of drug-likeness (QED) is 0.255. The van der Waals surface area contributed by atoms with Gasteiger partial charge in [-0.05, 0) is 86.3 Å². The summed E-state index contributed by atoms with van der Waals surface area (Å²) in [6, 6.07) is 12.6. The van der Waals surface area contributed by atoms with Gasteiger partial charge in [0.05, 0.1) is 23.3 Å². The number of hydrogen-bond acceptors (Lipinski definition) is 7. The summed E-state index contributed by atoms with van der Waals surface area (Å²) >= 11 is 0. The van der Waals surface area contributed by atoms with Crippen molar-refractivity contribution in [2.24, 2.45) is 5.73 Å². The molecule has 4 rings (SSSR count). The van der Waals surface area contributed by atoms with Gasteiger partial charge < -0.3 is 25.8 Å². The first-order valence-corrected chi connectivity index (χ1v) is 15.1. The molecule has 3 aromatic rings. The van der Waals surface area contributed by atoms with Gasteiger partial charge in [0.25, 0.3) is 0 Å². The van der Waals surface area contributed by atoms with E-state index < -0.39 is 50.9 Å². The Hall–Kier alpha value is -4.65. The smallest absolute Gasteiger partial charge is 0.409 e. The Morgan fingerprint density at radius 3 is 2.47 bits per heavy atom. The van der Waals surface area contributed by atoms with Crippen LogP contribution in [0, 0.1) is 5.82 Å². The fourth-order valence-corrected chi connectivity index (χ4v) is 6.40. The van der Waals surface area contributed by atoms with E-state index in [1.165, 1.54) is 60.5 Å². The molecule has 1 aliphatic rings.